The number of anilines is 1. The molecule has 1 amide bonds. The van der Waals surface area contributed by atoms with E-state index in [9.17, 15) is 4.79 Å². The predicted molar refractivity (Wildman–Crippen MR) is 82.4 cm³/mol. The van der Waals surface area contributed by atoms with Crippen LogP contribution >= 0.6 is 0 Å². The molecule has 0 aliphatic heterocycles. The molecular weight excluding hydrogens is 280 g/mol. The third-order valence-corrected chi connectivity index (χ3v) is 4.28. The fraction of sp³-hybridized carbons (Fsp3) is 0.467. The van der Waals surface area contributed by atoms with E-state index in [4.69, 9.17) is 5.73 Å². The monoisotopic (exact) mass is 300 g/mol. The van der Waals surface area contributed by atoms with Gasteiger partial charge < -0.3 is 11.1 Å². The fourth-order valence-electron chi connectivity index (χ4n) is 3.08. The van der Waals surface area contributed by atoms with E-state index in [-0.39, 0.29) is 11.8 Å². The van der Waals surface area contributed by atoms with Crippen molar-refractivity contribution in [2.24, 2.45) is 17.6 Å². The molecule has 1 aromatic heterocycles. The largest absolute Gasteiger partial charge is 0.330 e. The van der Waals surface area contributed by atoms with Crippen LogP contribution in [0.25, 0.3) is 5.69 Å². The van der Waals surface area contributed by atoms with Gasteiger partial charge in [0.05, 0.1) is 5.69 Å². The lowest BCUT2D eigenvalue weighted by molar-refractivity contribution is -0.120. The van der Waals surface area contributed by atoms with Gasteiger partial charge in [0.2, 0.25) is 5.91 Å². The lowest BCUT2D eigenvalue weighted by Crippen LogP contribution is -2.29. The molecular formula is C15H20N6O. The van der Waals surface area contributed by atoms with Gasteiger partial charge in [-0.1, -0.05) is 12.5 Å². The molecule has 3 rings (SSSR count). The van der Waals surface area contributed by atoms with Gasteiger partial charge in [-0.15, -0.1) is 5.10 Å². The van der Waals surface area contributed by atoms with Gasteiger partial charge in [-0.2, -0.15) is 4.68 Å². The van der Waals surface area contributed by atoms with E-state index in [2.05, 4.69) is 20.8 Å². The van der Waals surface area contributed by atoms with Crippen LogP contribution in [0.1, 0.15) is 25.1 Å². The average molecular weight is 300 g/mol. The molecule has 22 heavy (non-hydrogen) atoms. The molecule has 1 fully saturated rings. The molecule has 0 spiro atoms. The molecule has 1 aliphatic carbocycles. The molecule has 116 valence electrons. The number of aryl methyl sites for hydroxylation is 1. The molecule has 1 aliphatic rings. The topological polar surface area (TPSA) is 98.7 Å². The number of aromatic nitrogens is 4. The first-order chi connectivity index (χ1) is 10.7. The van der Waals surface area contributed by atoms with Crippen LogP contribution in [0.2, 0.25) is 0 Å². The van der Waals surface area contributed by atoms with Crippen LogP contribution in [0, 0.1) is 18.8 Å². The minimum Gasteiger partial charge on any atom is -0.330 e. The van der Waals surface area contributed by atoms with Crippen LogP contribution in [0.5, 0.6) is 0 Å². The van der Waals surface area contributed by atoms with Crippen molar-refractivity contribution in [1.82, 2.24) is 20.2 Å². The Kier molecular flexibility index (Phi) is 4.15. The molecule has 2 aromatic rings. The van der Waals surface area contributed by atoms with Gasteiger partial charge >= 0.3 is 0 Å². The van der Waals surface area contributed by atoms with E-state index < -0.39 is 0 Å². The van der Waals surface area contributed by atoms with E-state index in [1.807, 2.05) is 31.2 Å². The van der Waals surface area contributed by atoms with Crippen molar-refractivity contribution in [3.8, 4) is 5.69 Å². The summed E-state index contributed by atoms with van der Waals surface area (Å²) in [5, 5.41) is 14.4. The van der Waals surface area contributed by atoms with Crippen LogP contribution in [0.15, 0.2) is 24.3 Å². The number of amides is 1. The summed E-state index contributed by atoms with van der Waals surface area (Å²) in [4.78, 5) is 12.4. The van der Waals surface area contributed by atoms with Crippen molar-refractivity contribution in [3.63, 3.8) is 0 Å². The number of carbonyl (C=O) groups is 1. The summed E-state index contributed by atoms with van der Waals surface area (Å²) in [7, 11) is 0. The number of hydrogen-bond donors (Lipinski definition) is 2. The van der Waals surface area contributed by atoms with Crippen molar-refractivity contribution >= 4 is 11.6 Å². The van der Waals surface area contributed by atoms with E-state index in [0.29, 0.717) is 18.3 Å². The van der Waals surface area contributed by atoms with Gasteiger partial charge in [0, 0.05) is 11.6 Å². The summed E-state index contributed by atoms with van der Waals surface area (Å²) >= 11 is 0. The average Bonchev–Trinajstić information content (AvgIpc) is 3.15. The zero-order chi connectivity index (χ0) is 15.5. The first-order valence-corrected chi connectivity index (χ1v) is 7.55. The SMILES string of the molecule is Cc1nnnn1-c1cccc(NC(=O)[C@@H]2CCC[C@@H]2CN)c1. The molecule has 2 atom stereocenters. The lowest BCUT2D eigenvalue weighted by Gasteiger charge is -2.17. The number of benzene rings is 1. The van der Waals surface area contributed by atoms with Gasteiger partial charge in [0.25, 0.3) is 0 Å². The van der Waals surface area contributed by atoms with Crippen molar-refractivity contribution in [1.29, 1.82) is 0 Å². The zero-order valence-corrected chi connectivity index (χ0v) is 12.6. The Hall–Kier alpha value is -2.28. The first kappa shape index (κ1) is 14.6. The summed E-state index contributed by atoms with van der Waals surface area (Å²) in [6.07, 6.45) is 3.03. The van der Waals surface area contributed by atoms with Gasteiger partial charge in [-0.25, -0.2) is 0 Å². The summed E-state index contributed by atoms with van der Waals surface area (Å²) in [6.45, 7) is 2.40. The Bertz CT molecular complexity index is 668. The Balaban J connectivity index is 1.76. The van der Waals surface area contributed by atoms with Crippen LogP contribution in [0.3, 0.4) is 0 Å². The Morgan fingerprint density at radius 1 is 1.45 bits per heavy atom. The number of nitrogens with zero attached hydrogens (tertiary/aromatic N) is 4. The highest BCUT2D eigenvalue weighted by atomic mass is 16.1. The fourth-order valence-corrected chi connectivity index (χ4v) is 3.08. The number of tetrazole rings is 1. The first-order valence-electron chi connectivity index (χ1n) is 7.55. The number of hydrogen-bond acceptors (Lipinski definition) is 5. The van der Waals surface area contributed by atoms with Gasteiger partial charge in [0.1, 0.15) is 0 Å². The van der Waals surface area contributed by atoms with Crippen molar-refractivity contribution < 1.29 is 4.79 Å². The highest BCUT2D eigenvalue weighted by molar-refractivity contribution is 5.93. The maximum Gasteiger partial charge on any atom is 0.227 e. The third-order valence-electron chi connectivity index (χ3n) is 4.28. The molecule has 1 aromatic carbocycles. The van der Waals surface area contributed by atoms with E-state index in [0.717, 1.165) is 30.6 Å². The normalized spacial score (nSPS) is 21.0. The van der Waals surface area contributed by atoms with Crippen LogP contribution in [-0.2, 0) is 4.79 Å². The molecule has 0 saturated heterocycles. The molecule has 0 radical (unpaired) electrons. The van der Waals surface area contributed by atoms with Crippen molar-refractivity contribution in [2.75, 3.05) is 11.9 Å². The smallest absolute Gasteiger partial charge is 0.227 e. The second-order valence-electron chi connectivity index (χ2n) is 5.71. The minimum atomic E-state index is 0.0171. The summed E-state index contributed by atoms with van der Waals surface area (Å²) in [5.41, 5.74) is 7.33. The van der Waals surface area contributed by atoms with Gasteiger partial charge in [-0.3, -0.25) is 4.79 Å². The van der Waals surface area contributed by atoms with Crippen LogP contribution in [0.4, 0.5) is 5.69 Å². The van der Waals surface area contributed by atoms with Crippen molar-refractivity contribution in [3.05, 3.63) is 30.1 Å². The number of nitrogens with two attached hydrogens (primary N) is 1. The molecule has 7 heteroatoms. The van der Waals surface area contributed by atoms with Crippen molar-refractivity contribution in [2.45, 2.75) is 26.2 Å². The minimum absolute atomic E-state index is 0.0171. The molecule has 1 heterocycles. The lowest BCUT2D eigenvalue weighted by atomic mass is 9.95. The molecule has 3 N–H and O–H groups in total. The highest BCUT2D eigenvalue weighted by Gasteiger charge is 2.31. The quantitative estimate of drug-likeness (QED) is 0.886. The molecule has 7 nitrogen and oxygen atoms in total. The third kappa shape index (κ3) is 2.85. The van der Waals surface area contributed by atoms with E-state index in [1.54, 1.807) is 4.68 Å². The standard InChI is InChI=1S/C15H20N6O/c1-10-18-19-20-21(10)13-6-3-5-12(8-13)17-15(22)14-7-2-4-11(14)9-16/h3,5-6,8,11,14H,2,4,7,9,16H2,1H3,(H,17,22)/t11-,14-/m1/s1. The summed E-state index contributed by atoms with van der Waals surface area (Å²) < 4.78 is 1.63. The molecule has 1 saturated carbocycles. The van der Waals surface area contributed by atoms with Gasteiger partial charge in [0.15, 0.2) is 5.82 Å². The molecule has 0 unspecified atom stereocenters. The predicted octanol–water partition coefficient (Wildman–Crippen LogP) is 1.28. The van der Waals surface area contributed by atoms with Crippen LogP contribution < -0.4 is 11.1 Å². The number of nitrogens with one attached hydrogen (secondary N) is 1. The van der Waals surface area contributed by atoms with Crippen LogP contribution in [-0.4, -0.2) is 32.7 Å². The second-order valence-corrected chi connectivity index (χ2v) is 5.71. The number of carbonyl (C=O) groups excluding carboxylic acids is 1. The summed E-state index contributed by atoms with van der Waals surface area (Å²) in [5.74, 6) is 1.06. The molecule has 0 bridgehead atoms. The maximum atomic E-state index is 12.4. The van der Waals surface area contributed by atoms with E-state index in [1.165, 1.54) is 0 Å². The second kappa shape index (κ2) is 6.23. The zero-order valence-electron chi connectivity index (χ0n) is 12.6. The highest BCUT2D eigenvalue weighted by Crippen LogP contribution is 2.32. The summed E-state index contributed by atoms with van der Waals surface area (Å²) in [6, 6.07) is 7.51. The Labute approximate surface area is 128 Å². The Morgan fingerprint density at radius 2 is 2.32 bits per heavy atom. The number of rotatable bonds is 4. The Morgan fingerprint density at radius 3 is 3.05 bits per heavy atom. The van der Waals surface area contributed by atoms with E-state index >= 15 is 0 Å². The van der Waals surface area contributed by atoms with Gasteiger partial charge in [-0.05, 0) is 60.9 Å². The maximum absolute atomic E-state index is 12.4.